The Kier molecular flexibility index (Phi) is 3.96. The number of hydrogen-bond acceptors (Lipinski definition) is 2. The summed E-state index contributed by atoms with van der Waals surface area (Å²) >= 11 is 0. The molecule has 1 heterocycles. The van der Waals surface area contributed by atoms with Crippen molar-refractivity contribution in [3.63, 3.8) is 0 Å². The molecule has 0 unspecified atom stereocenters. The molecule has 110 valence electrons. The number of rotatable bonds is 3. The Morgan fingerprint density at radius 2 is 1.90 bits per heavy atom. The summed E-state index contributed by atoms with van der Waals surface area (Å²) < 4.78 is 2.31. The molecule has 0 bridgehead atoms. The van der Waals surface area contributed by atoms with Gasteiger partial charge in [0.25, 0.3) is 0 Å². The lowest BCUT2D eigenvalue weighted by Gasteiger charge is -2.22. The summed E-state index contributed by atoms with van der Waals surface area (Å²) in [6, 6.07) is 6.71. The van der Waals surface area contributed by atoms with E-state index in [-0.39, 0.29) is 0 Å². The third-order valence-corrected chi connectivity index (χ3v) is 4.81. The van der Waals surface area contributed by atoms with Crippen molar-refractivity contribution in [2.45, 2.75) is 64.8 Å². The fourth-order valence-electron chi connectivity index (χ4n) is 3.47. The van der Waals surface area contributed by atoms with Crippen molar-refractivity contribution in [3.05, 3.63) is 29.1 Å². The van der Waals surface area contributed by atoms with Gasteiger partial charge in [0.2, 0.25) is 0 Å². The molecule has 0 spiro atoms. The van der Waals surface area contributed by atoms with Gasteiger partial charge in [0.05, 0.1) is 23.5 Å². The van der Waals surface area contributed by atoms with Crippen LogP contribution in [0.25, 0.3) is 11.0 Å². The summed E-state index contributed by atoms with van der Waals surface area (Å²) in [6.07, 6.45) is 7.02. The molecule has 3 nitrogen and oxygen atoms in total. The highest BCUT2D eigenvalue weighted by atomic mass is 15.1. The van der Waals surface area contributed by atoms with Crippen LogP contribution in [0.15, 0.2) is 12.1 Å². The van der Waals surface area contributed by atoms with E-state index in [1.807, 2.05) is 0 Å². The molecule has 0 saturated heterocycles. The van der Waals surface area contributed by atoms with Crippen LogP contribution < -0.4 is 0 Å². The second kappa shape index (κ2) is 5.89. The van der Waals surface area contributed by atoms with Gasteiger partial charge in [-0.15, -0.1) is 0 Å². The number of hydrogen-bond donors (Lipinski definition) is 0. The molecule has 0 aliphatic heterocycles. The molecule has 1 aliphatic rings. The zero-order valence-corrected chi connectivity index (χ0v) is 13.0. The summed E-state index contributed by atoms with van der Waals surface area (Å²) in [5.41, 5.74) is 4.89. The molecule has 1 aromatic heterocycles. The first-order valence-electron chi connectivity index (χ1n) is 8.05. The van der Waals surface area contributed by atoms with Gasteiger partial charge < -0.3 is 4.57 Å². The van der Waals surface area contributed by atoms with E-state index < -0.39 is 0 Å². The number of aryl methyl sites for hydroxylation is 3. The summed E-state index contributed by atoms with van der Waals surface area (Å²) in [4.78, 5) is 4.94. The average molecular weight is 281 g/mol. The molecule has 1 aromatic carbocycles. The molecule has 3 rings (SSSR count). The van der Waals surface area contributed by atoms with Crippen molar-refractivity contribution >= 4 is 11.0 Å². The number of nitrogens with zero attached hydrogens (tertiary/aromatic N) is 3. The van der Waals surface area contributed by atoms with Crippen LogP contribution >= 0.6 is 0 Å². The highest BCUT2D eigenvalue weighted by molar-refractivity contribution is 5.78. The molecule has 3 heteroatoms. The zero-order chi connectivity index (χ0) is 14.8. The second-order valence-corrected chi connectivity index (χ2v) is 6.29. The van der Waals surface area contributed by atoms with E-state index in [0.29, 0.717) is 12.3 Å². The molecule has 0 amide bonds. The Labute approximate surface area is 126 Å². The van der Waals surface area contributed by atoms with Crippen LogP contribution in [-0.4, -0.2) is 9.55 Å². The normalized spacial score (nSPS) is 16.2. The molecular weight excluding hydrogens is 258 g/mol. The molecule has 1 aliphatic carbocycles. The van der Waals surface area contributed by atoms with E-state index in [1.165, 1.54) is 54.6 Å². The maximum absolute atomic E-state index is 8.95. The molecule has 2 aromatic rings. The summed E-state index contributed by atoms with van der Waals surface area (Å²) in [6.45, 7) is 5.06. The minimum atomic E-state index is 0.554. The molecule has 0 atom stereocenters. The van der Waals surface area contributed by atoms with Crippen molar-refractivity contribution in [3.8, 4) is 6.07 Å². The number of imidazole rings is 1. The zero-order valence-electron chi connectivity index (χ0n) is 13.0. The van der Waals surface area contributed by atoms with Gasteiger partial charge in [-0.25, -0.2) is 4.98 Å². The predicted molar refractivity (Wildman–Crippen MR) is 85.3 cm³/mol. The van der Waals surface area contributed by atoms with Gasteiger partial charge in [-0.2, -0.15) is 5.26 Å². The molecule has 0 N–H and O–H groups in total. The van der Waals surface area contributed by atoms with Gasteiger partial charge >= 0.3 is 0 Å². The standard InChI is InChI=1S/C18H23N3/c1-13-11-16-17(12-14(13)2)21(10-6-9-19)18(20-16)15-7-4-3-5-8-15/h11-12,15H,3-8,10H2,1-2H3. The van der Waals surface area contributed by atoms with Gasteiger partial charge in [-0.3, -0.25) is 0 Å². The summed E-state index contributed by atoms with van der Waals surface area (Å²) in [5.74, 6) is 1.79. The van der Waals surface area contributed by atoms with Gasteiger partial charge in [-0.1, -0.05) is 19.3 Å². The maximum Gasteiger partial charge on any atom is 0.113 e. The van der Waals surface area contributed by atoms with Gasteiger partial charge in [0.15, 0.2) is 0 Å². The number of benzene rings is 1. The molecular formula is C18H23N3. The van der Waals surface area contributed by atoms with E-state index >= 15 is 0 Å². The number of aromatic nitrogens is 2. The van der Waals surface area contributed by atoms with E-state index in [0.717, 1.165) is 12.1 Å². The molecule has 1 fully saturated rings. The van der Waals surface area contributed by atoms with Crippen LogP contribution in [0, 0.1) is 25.2 Å². The van der Waals surface area contributed by atoms with Crippen LogP contribution in [0.4, 0.5) is 0 Å². The van der Waals surface area contributed by atoms with E-state index in [1.54, 1.807) is 0 Å². The fourth-order valence-corrected chi connectivity index (χ4v) is 3.47. The fraction of sp³-hybridized carbons (Fsp3) is 0.556. The van der Waals surface area contributed by atoms with E-state index in [4.69, 9.17) is 10.2 Å². The average Bonchev–Trinajstić information content (AvgIpc) is 2.84. The largest absolute Gasteiger partial charge is 0.327 e. The molecule has 1 saturated carbocycles. The van der Waals surface area contributed by atoms with E-state index in [9.17, 15) is 0 Å². The minimum Gasteiger partial charge on any atom is -0.327 e. The SMILES string of the molecule is Cc1cc2nc(C3CCCCC3)n(CCC#N)c2cc1C. The smallest absolute Gasteiger partial charge is 0.113 e. The quantitative estimate of drug-likeness (QED) is 0.824. The Hall–Kier alpha value is -1.82. The van der Waals surface area contributed by atoms with Gasteiger partial charge in [-0.05, 0) is 49.9 Å². The maximum atomic E-state index is 8.95. The monoisotopic (exact) mass is 281 g/mol. The lowest BCUT2D eigenvalue weighted by molar-refractivity contribution is 0.417. The van der Waals surface area contributed by atoms with E-state index in [2.05, 4.69) is 36.6 Å². The Morgan fingerprint density at radius 3 is 2.62 bits per heavy atom. The summed E-state index contributed by atoms with van der Waals surface area (Å²) in [5, 5.41) is 8.95. The second-order valence-electron chi connectivity index (χ2n) is 6.29. The lowest BCUT2D eigenvalue weighted by Crippen LogP contribution is -2.12. The molecule has 21 heavy (non-hydrogen) atoms. The van der Waals surface area contributed by atoms with Crippen molar-refractivity contribution in [2.24, 2.45) is 0 Å². The Bertz CT molecular complexity index is 685. The Morgan fingerprint density at radius 1 is 1.19 bits per heavy atom. The third kappa shape index (κ3) is 2.68. The summed E-state index contributed by atoms with van der Waals surface area (Å²) in [7, 11) is 0. The van der Waals surface area contributed by atoms with Gasteiger partial charge in [0.1, 0.15) is 5.82 Å². The highest BCUT2D eigenvalue weighted by Gasteiger charge is 2.22. The predicted octanol–water partition coefficient (Wildman–Crippen LogP) is 4.61. The third-order valence-electron chi connectivity index (χ3n) is 4.81. The topological polar surface area (TPSA) is 41.6 Å². The highest BCUT2D eigenvalue weighted by Crippen LogP contribution is 2.34. The van der Waals surface area contributed by atoms with Crippen LogP contribution in [0.2, 0.25) is 0 Å². The van der Waals surface area contributed by atoms with Crippen LogP contribution in [-0.2, 0) is 6.54 Å². The first kappa shape index (κ1) is 14.1. The minimum absolute atomic E-state index is 0.554. The van der Waals surface area contributed by atoms with Gasteiger partial charge in [0, 0.05) is 12.5 Å². The van der Waals surface area contributed by atoms with Crippen LogP contribution in [0.3, 0.4) is 0 Å². The van der Waals surface area contributed by atoms with Crippen LogP contribution in [0.1, 0.15) is 61.4 Å². The van der Waals surface area contributed by atoms with Crippen molar-refractivity contribution in [1.82, 2.24) is 9.55 Å². The molecule has 0 radical (unpaired) electrons. The number of nitriles is 1. The lowest BCUT2D eigenvalue weighted by atomic mass is 9.88. The van der Waals surface area contributed by atoms with Crippen molar-refractivity contribution in [2.75, 3.05) is 0 Å². The number of fused-ring (bicyclic) bond motifs is 1. The van der Waals surface area contributed by atoms with Crippen molar-refractivity contribution in [1.29, 1.82) is 5.26 Å². The Balaban J connectivity index is 2.10. The first-order valence-corrected chi connectivity index (χ1v) is 8.05. The first-order chi connectivity index (χ1) is 10.2. The van der Waals surface area contributed by atoms with Crippen molar-refractivity contribution < 1.29 is 0 Å². The van der Waals surface area contributed by atoms with Crippen LogP contribution in [0.5, 0.6) is 0 Å².